The Morgan fingerprint density at radius 3 is 2.83 bits per heavy atom. The number of hydrogen-bond donors (Lipinski definition) is 1. The summed E-state index contributed by atoms with van der Waals surface area (Å²) in [5, 5.41) is 5.31. The lowest BCUT2D eigenvalue weighted by molar-refractivity contribution is -0.117. The van der Waals surface area contributed by atoms with Gasteiger partial charge < -0.3 is 5.32 Å². The highest BCUT2D eigenvalue weighted by Gasteiger charge is 2.43. The van der Waals surface area contributed by atoms with Crippen LogP contribution in [0.4, 0.5) is 5.69 Å². The third-order valence-electron chi connectivity index (χ3n) is 4.82. The highest BCUT2D eigenvalue weighted by molar-refractivity contribution is 5.97. The summed E-state index contributed by atoms with van der Waals surface area (Å²) in [6, 6.07) is 14.5. The zero-order valence-corrected chi connectivity index (χ0v) is 13.9. The van der Waals surface area contributed by atoms with Crippen LogP contribution in [0.15, 0.2) is 54.9 Å². The van der Waals surface area contributed by atoms with Gasteiger partial charge in [-0.25, -0.2) is 0 Å². The topological polar surface area (TPSA) is 42.0 Å². The molecule has 0 unspecified atom stereocenters. The molecule has 120 valence electrons. The van der Waals surface area contributed by atoms with Crippen molar-refractivity contribution in [1.29, 1.82) is 0 Å². The van der Waals surface area contributed by atoms with E-state index in [0.29, 0.717) is 5.92 Å². The Bertz CT molecular complexity index is 932. The highest BCUT2D eigenvalue weighted by atomic mass is 16.2. The quantitative estimate of drug-likeness (QED) is 0.767. The van der Waals surface area contributed by atoms with Gasteiger partial charge in [0.15, 0.2) is 0 Å². The number of aryl methyl sites for hydroxylation is 2. The smallest absolute Gasteiger partial charge is 0.228 e. The zero-order chi connectivity index (χ0) is 16.7. The minimum Gasteiger partial charge on any atom is -0.326 e. The Hall–Kier alpha value is -2.68. The van der Waals surface area contributed by atoms with Gasteiger partial charge in [0.05, 0.1) is 0 Å². The Kier molecular flexibility index (Phi) is 3.57. The Morgan fingerprint density at radius 1 is 1.12 bits per heavy atom. The van der Waals surface area contributed by atoms with Gasteiger partial charge >= 0.3 is 0 Å². The van der Waals surface area contributed by atoms with E-state index in [-0.39, 0.29) is 11.8 Å². The zero-order valence-electron chi connectivity index (χ0n) is 13.9. The van der Waals surface area contributed by atoms with Crippen molar-refractivity contribution in [2.75, 3.05) is 5.32 Å². The van der Waals surface area contributed by atoms with Crippen molar-refractivity contribution in [3.8, 4) is 0 Å². The van der Waals surface area contributed by atoms with Gasteiger partial charge in [0.25, 0.3) is 0 Å². The first-order valence-electron chi connectivity index (χ1n) is 8.33. The fraction of sp³-hybridized carbons (Fsp3) is 0.238. The van der Waals surface area contributed by atoms with E-state index in [4.69, 9.17) is 0 Å². The molecule has 4 rings (SSSR count). The molecule has 1 aromatic heterocycles. The predicted octanol–water partition coefficient (Wildman–Crippen LogP) is 4.59. The molecule has 1 N–H and O–H groups in total. The monoisotopic (exact) mass is 316 g/mol. The number of nitrogens with one attached hydrogen (secondary N) is 1. The molecule has 1 fully saturated rings. The van der Waals surface area contributed by atoms with Crippen LogP contribution in [0, 0.1) is 19.8 Å². The van der Waals surface area contributed by atoms with E-state index in [0.717, 1.165) is 28.4 Å². The van der Waals surface area contributed by atoms with Crippen LogP contribution < -0.4 is 5.32 Å². The van der Waals surface area contributed by atoms with Crippen molar-refractivity contribution in [1.82, 2.24) is 4.98 Å². The molecule has 1 heterocycles. The summed E-state index contributed by atoms with van der Waals surface area (Å²) < 4.78 is 0. The first-order chi connectivity index (χ1) is 11.6. The molecule has 0 bridgehead atoms. The molecular weight excluding hydrogens is 296 g/mol. The largest absolute Gasteiger partial charge is 0.326 e. The second-order valence-electron chi connectivity index (χ2n) is 6.74. The SMILES string of the molecule is Cc1cccc([C@@H]2C[C@H]2C(=O)Nc2ccc3cncc(C)c3c2)c1. The number of rotatable bonds is 3. The minimum absolute atomic E-state index is 0.0843. The van der Waals surface area contributed by atoms with Gasteiger partial charge in [0.1, 0.15) is 0 Å². The third kappa shape index (κ3) is 2.78. The van der Waals surface area contributed by atoms with Crippen molar-refractivity contribution in [2.45, 2.75) is 26.2 Å². The predicted molar refractivity (Wildman–Crippen MR) is 97.1 cm³/mol. The standard InChI is InChI=1S/C21H20N2O/c1-13-4-3-5-15(8-13)19-10-20(19)21(24)23-17-7-6-16-12-22-11-14(2)18(16)9-17/h3-9,11-12,19-20H,10H2,1-2H3,(H,23,24)/t19-,20+/m0/s1. The molecular formula is C21H20N2O. The summed E-state index contributed by atoms with van der Waals surface area (Å²) in [5.74, 6) is 0.560. The molecule has 3 aromatic rings. The molecule has 3 heteroatoms. The molecule has 2 aromatic carbocycles. The molecule has 0 spiro atoms. The van der Waals surface area contributed by atoms with Crippen molar-refractivity contribution in [3.63, 3.8) is 0 Å². The summed E-state index contributed by atoms with van der Waals surface area (Å²) in [6.07, 6.45) is 4.64. The maximum absolute atomic E-state index is 12.5. The van der Waals surface area contributed by atoms with Gasteiger partial charge in [-0.2, -0.15) is 0 Å². The fourth-order valence-electron chi connectivity index (χ4n) is 3.38. The van der Waals surface area contributed by atoms with Crippen LogP contribution in [0.25, 0.3) is 10.8 Å². The van der Waals surface area contributed by atoms with Gasteiger partial charge in [-0.3, -0.25) is 9.78 Å². The molecule has 0 radical (unpaired) electrons. The van der Waals surface area contributed by atoms with E-state index >= 15 is 0 Å². The van der Waals surface area contributed by atoms with Crippen LogP contribution in [0.2, 0.25) is 0 Å². The molecule has 1 aliphatic carbocycles. The van der Waals surface area contributed by atoms with E-state index in [2.05, 4.69) is 41.5 Å². The van der Waals surface area contributed by atoms with Crippen LogP contribution in [0.5, 0.6) is 0 Å². The summed E-state index contributed by atoms with van der Waals surface area (Å²) in [7, 11) is 0. The van der Waals surface area contributed by atoms with Gasteiger partial charge in [0, 0.05) is 29.4 Å². The van der Waals surface area contributed by atoms with E-state index in [1.165, 1.54) is 11.1 Å². The van der Waals surface area contributed by atoms with Gasteiger partial charge in [0.2, 0.25) is 5.91 Å². The Morgan fingerprint density at radius 2 is 2.00 bits per heavy atom. The highest BCUT2D eigenvalue weighted by Crippen LogP contribution is 2.48. The number of fused-ring (bicyclic) bond motifs is 1. The molecule has 24 heavy (non-hydrogen) atoms. The number of anilines is 1. The maximum atomic E-state index is 12.5. The fourth-order valence-corrected chi connectivity index (χ4v) is 3.38. The second-order valence-corrected chi connectivity index (χ2v) is 6.74. The summed E-state index contributed by atoms with van der Waals surface area (Å²) in [4.78, 5) is 16.7. The van der Waals surface area contributed by atoms with Gasteiger partial charge in [-0.05, 0) is 54.8 Å². The lowest BCUT2D eigenvalue weighted by atomic mass is 10.1. The summed E-state index contributed by atoms with van der Waals surface area (Å²) in [6.45, 7) is 4.13. The third-order valence-corrected chi connectivity index (χ3v) is 4.82. The van der Waals surface area contributed by atoms with Crippen LogP contribution in [0.1, 0.15) is 29.0 Å². The first kappa shape index (κ1) is 14.9. The number of carbonyl (C=O) groups excluding carboxylic acids is 1. The van der Waals surface area contributed by atoms with Gasteiger partial charge in [-0.1, -0.05) is 35.9 Å². The van der Waals surface area contributed by atoms with Crippen LogP contribution in [-0.2, 0) is 4.79 Å². The normalized spacial score (nSPS) is 19.2. The van der Waals surface area contributed by atoms with Crippen molar-refractivity contribution < 1.29 is 4.79 Å². The lowest BCUT2D eigenvalue weighted by Gasteiger charge is -2.08. The average molecular weight is 316 g/mol. The molecule has 1 amide bonds. The number of hydrogen-bond acceptors (Lipinski definition) is 2. The number of pyridine rings is 1. The number of nitrogens with zero attached hydrogens (tertiary/aromatic N) is 1. The van der Waals surface area contributed by atoms with Crippen LogP contribution in [0.3, 0.4) is 0 Å². The van der Waals surface area contributed by atoms with E-state index in [1.54, 1.807) is 0 Å². The minimum atomic E-state index is 0.0843. The number of aromatic nitrogens is 1. The molecule has 2 atom stereocenters. The van der Waals surface area contributed by atoms with E-state index < -0.39 is 0 Å². The summed E-state index contributed by atoms with van der Waals surface area (Å²) in [5.41, 5.74) is 4.50. The molecule has 3 nitrogen and oxygen atoms in total. The summed E-state index contributed by atoms with van der Waals surface area (Å²) >= 11 is 0. The Labute approximate surface area is 141 Å². The van der Waals surface area contributed by atoms with E-state index in [1.807, 2.05) is 37.5 Å². The number of benzene rings is 2. The second kappa shape index (κ2) is 5.75. The molecule has 1 saturated carbocycles. The van der Waals surface area contributed by atoms with Crippen molar-refractivity contribution in [2.24, 2.45) is 5.92 Å². The molecule has 0 saturated heterocycles. The number of carbonyl (C=O) groups is 1. The van der Waals surface area contributed by atoms with E-state index in [9.17, 15) is 4.79 Å². The van der Waals surface area contributed by atoms with Gasteiger partial charge in [-0.15, -0.1) is 0 Å². The van der Waals surface area contributed by atoms with Crippen molar-refractivity contribution >= 4 is 22.4 Å². The van der Waals surface area contributed by atoms with Crippen LogP contribution in [-0.4, -0.2) is 10.9 Å². The maximum Gasteiger partial charge on any atom is 0.228 e. The first-order valence-corrected chi connectivity index (χ1v) is 8.33. The van der Waals surface area contributed by atoms with Crippen LogP contribution >= 0.6 is 0 Å². The van der Waals surface area contributed by atoms with Crippen molar-refractivity contribution in [3.05, 3.63) is 71.5 Å². The average Bonchev–Trinajstić information content (AvgIpc) is 3.36. The molecule has 1 aliphatic rings. The Balaban J connectivity index is 1.50. The number of amides is 1. The lowest BCUT2D eigenvalue weighted by Crippen LogP contribution is -2.14. The molecule has 0 aliphatic heterocycles.